The van der Waals surface area contributed by atoms with Crippen molar-refractivity contribution in [1.82, 2.24) is 25.0 Å². The number of likely N-dealkylation sites (tertiary alicyclic amines) is 1. The molecule has 2 aromatic heterocycles. The molecule has 0 aliphatic carbocycles. The maximum Gasteiger partial charge on any atom is 0.258 e. The Morgan fingerprint density at radius 1 is 1.23 bits per heavy atom. The van der Waals surface area contributed by atoms with Crippen LogP contribution >= 0.6 is 11.6 Å². The lowest BCUT2D eigenvalue weighted by Gasteiger charge is -2.30. The summed E-state index contributed by atoms with van der Waals surface area (Å²) in [5, 5.41) is 5.00. The Labute approximate surface area is 181 Å². The SMILES string of the molecule is O=c1[nH]c(CN2CCCC(c3nc(-c4cccc(F)c4)no3)C2)nc2ccc(Cl)cc12. The zero-order valence-electron chi connectivity index (χ0n) is 16.5. The number of rotatable bonds is 4. The zero-order valence-corrected chi connectivity index (χ0v) is 17.3. The third-order valence-electron chi connectivity index (χ3n) is 5.47. The first-order chi connectivity index (χ1) is 15.0. The van der Waals surface area contributed by atoms with Gasteiger partial charge in [-0.1, -0.05) is 28.9 Å². The van der Waals surface area contributed by atoms with Gasteiger partial charge in [-0.05, 0) is 49.7 Å². The molecule has 3 heterocycles. The van der Waals surface area contributed by atoms with Crippen molar-refractivity contribution >= 4 is 22.5 Å². The number of fused-ring (bicyclic) bond motifs is 1. The number of hydrogen-bond acceptors (Lipinski definition) is 6. The molecule has 1 N–H and O–H groups in total. The van der Waals surface area contributed by atoms with Gasteiger partial charge in [0.25, 0.3) is 5.56 Å². The molecule has 1 unspecified atom stereocenters. The van der Waals surface area contributed by atoms with E-state index >= 15 is 0 Å². The Kier molecular flexibility index (Phi) is 5.25. The van der Waals surface area contributed by atoms with Gasteiger partial charge in [-0.3, -0.25) is 9.69 Å². The average Bonchev–Trinajstić information content (AvgIpc) is 3.25. The first-order valence-corrected chi connectivity index (χ1v) is 10.4. The minimum Gasteiger partial charge on any atom is -0.339 e. The summed E-state index contributed by atoms with van der Waals surface area (Å²) < 4.78 is 19.0. The highest BCUT2D eigenvalue weighted by Crippen LogP contribution is 2.28. The minimum absolute atomic E-state index is 0.0644. The fourth-order valence-electron chi connectivity index (χ4n) is 3.99. The molecule has 1 atom stereocenters. The number of nitrogens with zero attached hydrogens (tertiary/aromatic N) is 4. The number of benzene rings is 2. The van der Waals surface area contributed by atoms with Crippen molar-refractivity contribution < 1.29 is 8.91 Å². The van der Waals surface area contributed by atoms with E-state index in [0.29, 0.717) is 52.1 Å². The normalized spacial score (nSPS) is 17.3. The first-order valence-electron chi connectivity index (χ1n) is 10.1. The first kappa shape index (κ1) is 19.8. The lowest BCUT2D eigenvalue weighted by atomic mass is 9.98. The van der Waals surface area contributed by atoms with Crippen molar-refractivity contribution in [2.24, 2.45) is 0 Å². The minimum atomic E-state index is -0.341. The number of halogens is 2. The van der Waals surface area contributed by atoms with E-state index in [1.165, 1.54) is 12.1 Å². The number of piperidine rings is 1. The van der Waals surface area contributed by atoms with Gasteiger partial charge >= 0.3 is 0 Å². The molecule has 5 rings (SSSR count). The highest BCUT2D eigenvalue weighted by molar-refractivity contribution is 6.31. The van der Waals surface area contributed by atoms with Crippen LogP contribution in [0.4, 0.5) is 4.39 Å². The van der Waals surface area contributed by atoms with Crippen LogP contribution in [0.1, 0.15) is 30.5 Å². The van der Waals surface area contributed by atoms with Crippen LogP contribution in [0.3, 0.4) is 0 Å². The van der Waals surface area contributed by atoms with Gasteiger partial charge in [0, 0.05) is 17.1 Å². The Balaban J connectivity index is 1.33. The van der Waals surface area contributed by atoms with Crippen molar-refractivity contribution in [3.63, 3.8) is 0 Å². The van der Waals surface area contributed by atoms with Crippen LogP contribution in [0.25, 0.3) is 22.3 Å². The fraction of sp³-hybridized carbons (Fsp3) is 0.273. The van der Waals surface area contributed by atoms with Crippen molar-refractivity contribution in [3.8, 4) is 11.4 Å². The number of hydrogen-bond donors (Lipinski definition) is 1. The van der Waals surface area contributed by atoms with Gasteiger partial charge in [-0.25, -0.2) is 9.37 Å². The van der Waals surface area contributed by atoms with Crippen molar-refractivity contribution in [2.75, 3.05) is 13.1 Å². The van der Waals surface area contributed by atoms with Gasteiger partial charge in [0.05, 0.1) is 23.4 Å². The molecule has 1 fully saturated rings. The van der Waals surface area contributed by atoms with E-state index in [-0.39, 0.29) is 17.3 Å². The molecule has 0 saturated carbocycles. The van der Waals surface area contributed by atoms with E-state index < -0.39 is 0 Å². The number of nitrogens with one attached hydrogen (secondary N) is 1. The van der Waals surface area contributed by atoms with Crippen LogP contribution in [0.5, 0.6) is 0 Å². The van der Waals surface area contributed by atoms with Crippen molar-refractivity contribution in [2.45, 2.75) is 25.3 Å². The van der Waals surface area contributed by atoms with Gasteiger partial charge in [-0.15, -0.1) is 0 Å². The maximum absolute atomic E-state index is 13.5. The molecule has 9 heteroatoms. The summed E-state index contributed by atoms with van der Waals surface area (Å²) in [7, 11) is 0. The summed E-state index contributed by atoms with van der Waals surface area (Å²) in [5.74, 6) is 1.25. The molecule has 0 bridgehead atoms. The molecule has 2 aromatic carbocycles. The highest BCUT2D eigenvalue weighted by Gasteiger charge is 2.27. The summed E-state index contributed by atoms with van der Waals surface area (Å²) in [4.78, 5) is 26.5. The molecular formula is C22H19ClFN5O2. The molecule has 4 aromatic rings. The topological polar surface area (TPSA) is 87.9 Å². The fourth-order valence-corrected chi connectivity index (χ4v) is 4.16. The largest absolute Gasteiger partial charge is 0.339 e. The van der Waals surface area contributed by atoms with Gasteiger partial charge < -0.3 is 9.51 Å². The van der Waals surface area contributed by atoms with E-state index in [4.69, 9.17) is 16.1 Å². The molecule has 7 nitrogen and oxygen atoms in total. The molecule has 31 heavy (non-hydrogen) atoms. The Morgan fingerprint density at radius 2 is 2.13 bits per heavy atom. The van der Waals surface area contributed by atoms with Crippen molar-refractivity contribution in [1.29, 1.82) is 0 Å². The van der Waals surface area contributed by atoms with Crippen LogP contribution in [-0.4, -0.2) is 38.1 Å². The summed E-state index contributed by atoms with van der Waals surface area (Å²) in [6.45, 7) is 2.09. The molecule has 0 radical (unpaired) electrons. The third-order valence-corrected chi connectivity index (χ3v) is 5.70. The lowest BCUT2D eigenvalue weighted by Crippen LogP contribution is -2.35. The van der Waals surface area contributed by atoms with E-state index in [1.807, 2.05) is 0 Å². The van der Waals surface area contributed by atoms with E-state index in [1.54, 1.807) is 30.3 Å². The molecule has 1 saturated heterocycles. The van der Waals surface area contributed by atoms with Crippen molar-refractivity contribution in [3.05, 3.63) is 75.4 Å². The van der Waals surface area contributed by atoms with E-state index in [9.17, 15) is 9.18 Å². The van der Waals surface area contributed by atoms with Crippen LogP contribution in [0, 0.1) is 5.82 Å². The predicted octanol–water partition coefficient (Wildman–Crippen LogP) is 4.15. The third kappa shape index (κ3) is 4.22. The summed E-state index contributed by atoms with van der Waals surface area (Å²) in [6, 6.07) is 11.2. The summed E-state index contributed by atoms with van der Waals surface area (Å²) in [5.41, 5.74) is 1.00. The zero-order chi connectivity index (χ0) is 21.4. The molecular weight excluding hydrogens is 421 g/mol. The average molecular weight is 440 g/mol. The predicted molar refractivity (Wildman–Crippen MR) is 114 cm³/mol. The molecule has 1 aliphatic heterocycles. The molecule has 158 valence electrons. The number of H-pyrrole nitrogens is 1. The Morgan fingerprint density at radius 3 is 3.00 bits per heavy atom. The van der Waals surface area contributed by atoms with Gasteiger partial charge in [0.2, 0.25) is 11.7 Å². The van der Waals surface area contributed by atoms with Gasteiger partial charge in [-0.2, -0.15) is 4.98 Å². The smallest absolute Gasteiger partial charge is 0.258 e. The lowest BCUT2D eigenvalue weighted by molar-refractivity contribution is 0.177. The van der Waals surface area contributed by atoms with Crippen LogP contribution in [0.2, 0.25) is 5.02 Å². The van der Waals surface area contributed by atoms with E-state index in [2.05, 4.69) is 25.0 Å². The highest BCUT2D eigenvalue weighted by atomic mass is 35.5. The second-order valence-electron chi connectivity index (χ2n) is 7.71. The van der Waals surface area contributed by atoms with E-state index in [0.717, 1.165) is 19.4 Å². The maximum atomic E-state index is 13.5. The molecule has 1 aliphatic rings. The Bertz CT molecular complexity index is 1300. The van der Waals surface area contributed by atoms with Crippen LogP contribution in [-0.2, 0) is 6.54 Å². The molecule has 0 amide bonds. The summed E-state index contributed by atoms with van der Waals surface area (Å²) >= 11 is 5.98. The molecule has 0 spiro atoms. The summed E-state index contributed by atoms with van der Waals surface area (Å²) in [6.07, 6.45) is 1.87. The van der Waals surface area contributed by atoms with Gasteiger partial charge in [0.1, 0.15) is 11.6 Å². The van der Waals surface area contributed by atoms with Crippen LogP contribution < -0.4 is 5.56 Å². The van der Waals surface area contributed by atoms with Gasteiger partial charge in [0.15, 0.2) is 0 Å². The standard InChI is InChI=1S/C22H19ClFN5O2/c23-15-6-7-18-17(10-15)21(30)26-19(25-18)12-29-8-2-4-14(11-29)22-27-20(28-31-22)13-3-1-5-16(24)9-13/h1,3,5-7,9-10,14H,2,4,8,11-12H2,(H,25,26,30). The Hall–Kier alpha value is -3.10. The number of aromatic nitrogens is 4. The second-order valence-corrected chi connectivity index (χ2v) is 8.15. The monoisotopic (exact) mass is 439 g/mol. The van der Waals surface area contributed by atoms with Crippen LogP contribution in [0.15, 0.2) is 51.8 Å². The quantitative estimate of drug-likeness (QED) is 0.514. The number of aromatic amines is 1. The second kappa shape index (κ2) is 8.20.